The Morgan fingerprint density at radius 2 is 1.43 bits per heavy atom. The number of rotatable bonds is 2. The van der Waals surface area contributed by atoms with Gasteiger partial charge in [-0.05, 0) is 31.4 Å². The maximum atomic E-state index is 12.6. The molecule has 0 saturated heterocycles. The first-order valence-electron chi connectivity index (χ1n) is 7.05. The third kappa shape index (κ3) is 3.02. The third-order valence-electron chi connectivity index (χ3n) is 3.61. The van der Waals surface area contributed by atoms with Crippen molar-refractivity contribution in [3.63, 3.8) is 0 Å². The highest BCUT2D eigenvalue weighted by Crippen LogP contribution is 2.27. The molecule has 5 heteroatoms. The maximum Gasteiger partial charge on any atom is 0.185 e. The largest absolute Gasteiger partial charge is 0.289 e. The Morgan fingerprint density at radius 3 is 1.81 bits per heavy atom. The summed E-state index contributed by atoms with van der Waals surface area (Å²) in [5.41, 5.74) is 3.68. The highest BCUT2D eigenvalue weighted by molar-refractivity contribution is 6.13. The molecule has 0 amide bonds. The van der Waals surface area contributed by atoms with E-state index in [9.17, 15) is 4.79 Å². The number of nitrogens with zero attached hydrogens (tertiary/aromatic N) is 4. The number of aryl methyl sites for hydroxylation is 2. The van der Waals surface area contributed by atoms with Crippen molar-refractivity contribution >= 4 is 17.9 Å². The summed E-state index contributed by atoms with van der Waals surface area (Å²) in [5, 5.41) is 8.26. The topological polar surface area (TPSA) is 52.7 Å². The molecule has 0 radical (unpaired) electrons. The zero-order valence-corrected chi connectivity index (χ0v) is 12.3. The fourth-order valence-electron chi connectivity index (χ4n) is 2.61. The van der Waals surface area contributed by atoms with Gasteiger partial charge in [0, 0.05) is 48.8 Å². The molecule has 0 spiro atoms. The first kappa shape index (κ1) is 13.5. The molecule has 2 aromatic heterocycles. The number of Topliss-reactive ketones (excluding diaryl/α,β-unsaturated/α-hetero) is 1. The van der Waals surface area contributed by atoms with Crippen molar-refractivity contribution in [1.29, 1.82) is 0 Å². The van der Waals surface area contributed by atoms with Gasteiger partial charge in [0.15, 0.2) is 5.78 Å². The second kappa shape index (κ2) is 5.52. The molecule has 5 nitrogen and oxygen atoms in total. The van der Waals surface area contributed by atoms with Crippen molar-refractivity contribution in [1.82, 2.24) is 19.6 Å². The monoisotopic (exact) mass is 282 g/mol. The number of carbonyl (C=O) groups excluding carboxylic acids is 1. The van der Waals surface area contributed by atoms with Crippen LogP contribution in [0.4, 0.5) is 0 Å². The Labute approximate surface area is 123 Å². The lowest BCUT2D eigenvalue weighted by Gasteiger charge is -2.16. The van der Waals surface area contributed by atoms with Crippen LogP contribution in [-0.4, -0.2) is 25.3 Å². The summed E-state index contributed by atoms with van der Waals surface area (Å²) >= 11 is 0. The molecule has 0 atom stereocenters. The molecule has 2 heterocycles. The van der Waals surface area contributed by atoms with Crippen LogP contribution < -0.4 is 0 Å². The Bertz CT molecular complexity index is 673. The van der Waals surface area contributed by atoms with Crippen LogP contribution in [0.3, 0.4) is 0 Å². The predicted molar refractivity (Wildman–Crippen MR) is 81.2 cm³/mol. The Morgan fingerprint density at radius 1 is 0.952 bits per heavy atom. The fraction of sp³-hybridized carbons (Fsp3) is 0.312. The summed E-state index contributed by atoms with van der Waals surface area (Å²) in [5.74, 6) is 0.147. The van der Waals surface area contributed by atoms with Crippen molar-refractivity contribution < 1.29 is 4.79 Å². The number of hydrogen-bond donors (Lipinski definition) is 0. The lowest BCUT2D eigenvalue weighted by molar-refractivity contribution is -0.112. The molecule has 2 aromatic rings. The summed E-state index contributed by atoms with van der Waals surface area (Å²) in [7, 11) is 3.75. The molecular weight excluding hydrogens is 264 g/mol. The van der Waals surface area contributed by atoms with Gasteiger partial charge in [-0.3, -0.25) is 14.2 Å². The van der Waals surface area contributed by atoms with E-state index < -0.39 is 0 Å². The van der Waals surface area contributed by atoms with E-state index in [-0.39, 0.29) is 5.78 Å². The SMILES string of the molecule is Cn1cc(/C=C2/CCC/C(=C/c3cnn(C)c3)C2=O)cn1. The van der Waals surface area contributed by atoms with Gasteiger partial charge in [0.25, 0.3) is 0 Å². The van der Waals surface area contributed by atoms with E-state index in [1.165, 1.54) is 0 Å². The van der Waals surface area contributed by atoms with Crippen LogP contribution in [0.2, 0.25) is 0 Å². The van der Waals surface area contributed by atoms with Gasteiger partial charge >= 0.3 is 0 Å². The summed E-state index contributed by atoms with van der Waals surface area (Å²) < 4.78 is 3.48. The summed E-state index contributed by atoms with van der Waals surface area (Å²) in [6.07, 6.45) is 14.0. The number of ketones is 1. The molecule has 1 fully saturated rings. The standard InChI is InChI=1S/C16H18N4O/c1-19-10-12(8-17-19)6-14-4-3-5-15(16(14)21)7-13-9-18-20(2)11-13/h6-11H,3-5H2,1-2H3/b14-6-,15-7-. The Balaban J connectivity index is 1.87. The molecule has 1 saturated carbocycles. The second-order valence-electron chi connectivity index (χ2n) is 5.42. The Kier molecular flexibility index (Phi) is 3.56. The maximum absolute atomic E-state index is 12.6. The molecule has 1 aliphatic carbocycles. The lowest BCUT2D eigenvalue weighted by atomic mass is 9.87. The minimum Gasteiger partial charge on any atom is -0.289 e. The summed E-state index contributed by atoms with van der Waals surface area (Å²) in [4.78, 5) is 12.6. The van der Waals surface area contributed by atoms with Crippen molar-refractivity contribution in [3.05, 3.63) is 47.1 Å². The predicted octanol–water partition coefficient (Wildman–Crippen LogP) is 2.37. The van der Waals surface area contributed by atoms with E-state index in [0.717, 1.165) is 41.5 Å². The van der Waals surface area contributed by atoms with Gasteiger partial charge in [0.05, 0.1) is 12.4 Å². The van der Waals surface area contributed by atoms with E-state index in [1.807, 2.05) is 38.6 Å². The van der Waals surface area contributed by atoms with Gasteiger partial charge in [-0.15, -0.1) is 0 Å². The van der Waals surface area contributed by atoms with E-state index in [0.29, 0.717) is 0 Å². The van der Waals surface area contributed by atoms with E-state index >= 15 is 0 Å². The van der Waals surface area contributed by atoms with Gasteiger partial charge in [-0.1, -0.05) is 0 Å². The first-order chi connectivity index (χ1) is 10.1. The number of hydrogen-bond acceptors (Lipinski definition) is 3. The van der Waals surface area contributed by atoms with E-state index in [4.69, 9.17) is 0 Å². The van der Waals surface area contributed by atoms with Gasteiger partial charge < -0.3 is 0 Å². The smallest absolute Gasteiger partial charge is 0.185 e. The first-order valence-corrected chi connectivity index (χ1v) is 7.05. The molecule has 108 valence electrons. The molecule has 3 rings (SSSR count). The average molecular weight is 282 g/mol. The third-order valence-corrected chi connectivity index (χ3v) is 3.61. The molecular formula is C16H18N4O. The van der Waals surface area contributed by atoms with Crippen LogP contribution in [0.25, 0.3) is 12.2 Å². The van der Waals surface area contributed by atoms with E-state index in [2.05, 4.69) is 10.2 Å². The van der Waals surface area contributed by atoms with Crippen molar-refractivity contribution in [2.24, 2.45) is 14.1 Å². The highest BCUT2D eigenvalue weighted by atomic mass is 16.1. The lowest BCUT2D eigenvalue weighted by Crippen LogP contribution is -2.12. The van der Waals surface area contributed by atoms with Gasteiger partial charge in [0.2, 0.25) is 0 Å². The second-order valence-corrected chi connectivity index (χ2v) is 5.42. The molecule has 0 N–H and O–H groups in total. The van der Waals surface area contributed by atoms with Crippen molar-refractivity contribution in [2.75, 3.05) is 0 Å². The van der Waals surface area contributed by atoms with Crippen LogP contribution in [0.15, 0.2) is 35.9 Å². The number of allylic oxidation sites excluding steroid dienone is 2. The zero-order valence-electron chi connectivity index (χ0n) is 12.3. The fourth-order valence-corrected chi connectivity index (χ4v) is 2.61. The molecule has 1 aliphatic rings. The van der Waals surface area contributed by atoms with Gasteiger partial charge in [0.1, 0.15) is 0 Å². The Hall–Kier alpha value is -2.43. The van der Waals surface area contributed by atoms with Crippen LogP contribution in [0, 0.1) is 0 Å². The van der Waals surface area contributed by atoms with Crippen LogP contribution in [-0.2, 0) is 18.9 Å². The zero-order chi connectivity index (χ0) is 14.8. The van der Waals surface area contributed by atoms with Crippen LogP contribution in [0.5, 0.6) is 0 Å². The van der Waals surface area contributed by atoms with Crippen molar-refractivity contribution in [2.45, 2.75) is 19.3 Å². The normalized spacial score (nSPS) is 19.6. The van der Waals surface area contributed by atoms with Crippen LogP contribution >= 0.6 is 0 Å². The van der Waals surface area contributed by atoms with Crippen LogP contribution in [0.1, 0.15) is 30.4 Å². The highest BCUT2D eigenvalue weighted by Gasteiger charge is 2.20. The van der Waals surface area contributed by atoms with E-state index in [1.54, 1.807) is 21.8 Å². The summed E-state index contributed by atoms with van der Waals surface area (Å²) in [6, 6.07) is 0. The molecule has 0 unspecified atom stereocenters. The van der Waals surface area contributed by atoms with Crippen molar-refractivity contribution in [3.8, 4) is 0 Å². The van der Waals surface area contributed by atoms with Gasteiger partial charge in [-0.25, -0.2) is 0 Å². The number of carbonyl (C=O) groups is 1. The quantitative estimate of drug-likeness (QED) is 0.795. The number of aromatic nitrogens is 4. The minimum atomic E-state index is 0.147. The molecule has 0 aromatic carbocycles. The van der Waals surface area contributed by atoms with Gasteiger partial charge in [-0.2, -0.15) is 10.2 Å². The molecule has 0 bridgehead atoms. The minimum absolute atomic E-state index is 0.147. The molecule has 21 heavy (non-hydrogen) atoms. The average Bonchev–Trinajstić information content (AvgIpc) is 3.03. The summed E-state index contributed by atoms with van der Waals surface area (Å²) in [6.45, 7) is 0. The molecule has 0 aliphatic heterocycles.